The van der Waals surface area contributed by atoms with Crippen molar-refractivity contribution in [2.24, 2.45) is 0 Å². The largest absolute Gasteiger partial charge is 0.490 e. The highest BCUT2D eigenvalue weighted by atomic mass is 35.5. The van der Waals surface area contributed by atoms with Crippen molar-refractivity contribution in [2.45, 2.75) is 38.3 Å². The zero-order valence-electron chi connectivity index (χ0n) is 15.5. The number of halogens is 1. The monoisotopic (exact) mass is 382 g/mol. The third-order valence-corrected chi connectivity index (χ3v) is 4.82. The maximum absolute atomic E-state index is 12.8. The summed E-state index contributed by atoms with van der Waals surface area (Å²) in [4.78, 5) is 12.8. The number of hydrogen-bond acceptors (Lipinski definition) is 5. The number of carbonyl (C=O) groups excluding carboxylic acids is 1. The number of benzene rings is 1. The first-order valence-corrected chi connectivity index (χ1v) is 8.81. The number of furan rings is 1. The third kappa shape index (κ3) is 3.98. The van der Waals surface area contributed by atoms with Crippen LogP contribution in [0.3, 0.4) is 0 Å². The molecule has 1 unspecified atom stereocenters. The molecule has 7 heteroatoms. The minimum Gasteiger partial charge on any atom is -0.490 e. The van der Waals surface area contributed by atoms with Gasteiger partial charge in [0.05, 0.1) is 12.6 Å². The van der Waals surface area contributed by atoms with Gasteiger partial charge in [-0.25, -0.2) is 0 Å². The Hall–Kier alpha value is -1.76. The Balaban J connectivity index is 0.00000243. The van der Waals surface area contributed by atoms with Crippen molar-refractivity contribution in [3.8, 4) is 5.75 Å². The summed E-state index contributed by atoms with van der Waals surface area (Å²) in [7, 11) is 1.60. The quantitative estimate of drug-likeness (QED) is 0.802. The van der Waals surface area contributed by atoms with E-state index in [0.29, 0.717) is 30.8 Å². The molecule has 1 aromatic carbocycles. The molecule has 0 aliphatic carbocycles. The second-order valence-corrected chi connectivity index (χ2v) is 6.40. The predicted molar refractivity (Wildman–Crippen MR) is 103 cm³/mol. The van der Waals surface area contributed by atoms with Crippen molar-refractivity contribution in [1.82, 2.24) is 10.6 Å². The van der Waals surface area contributed by atoms with E-state index in [-0.39, 0.29) is 24.4 Å². The van der Waals surface area contributed by atoms with E-state index in [1.54, 1.807) is 7.11 Å². The molecule has 0 bridgehead atoms. The molecule has 1 amide bonds. The van der Waals surface area contributed by atoms with Gasteiger partial charge in [0, 0.05) is 12.5 Å². The first-order chi connectivity index (χ1) is 12.1. The molecule has 1 saturated heterocycles. The van der Waals surface area contributed by atoms with Gasteiger partial charge in [0.15, 0.2) is 11.3 Å². The SMILES string of the molecule is CCOc1cccc2cc(C(C)NC(=O)C3(OC)CCNCC3)oc12.Cl. The molecule has 2 N–H and O–H groups in total. The van der Waals surface area contributed by atoms with Crippen LogP contribution in [0.2, 0.25) is 0 Å². The van der Waals surface area contributed by atoms with Crippen LogP contribution >= 0.6 is 12.4 Å². The Morgan fingerprint density at radius 3 is 2.77 bits per heavy atom. The van der Waals surface area contributed by atoms with Gasteiger partial charge in [-0.1, -0.05) is 12.1 Å². The van der Waals surface area contributed by atoms with E-state index in [1.807, 2.05) is 38.1 Å². The fourth-order valence-corrected chi connectivity index (χ4v) is 3.29. The fraction of sp³-hybridized carbons (Fsp3) is 0.526. The molecular weight excluding hydrogens is 356 g/mol. The maximum atomic E-state index is 12.8. The second-order valence-electron chi connectivity index (χ2n) is 6.40. The van der Waals surface area contributed by atoms with Gasteiger partial charge in [0.25, 0.3) is 5.91 Å². The molecule has 0 saturated carbocycles. The summed E-state index contributed by atoms with van der Waals surface area (Å²) in [6.07, 6.45) is 1.33. The molecule has 26 heavy (non-hydrogen) atoms. The van der Waals surface area contributed by atoms with Crippen LogP contribution in [-0.4, -0.2) is 38.3 Å². The van der Waals surface area contributed by atoms with E-state index in [1.165, 1.54) is 0 Å². The first-order valence-electron chi connectivity index (χ1n) is 8.81. The lowest BCUT2D eigenvalue weighted by Gasteiger charge is -2.35. The Bertz CT molecular complexity index is 740. The van der Waals surface area contributed by atoms with Gasteiger partial charge >= 0.3 is 0 Å². The van der Waals surface area contributed by atoms with Gasteiger partial charge in [-0.2, -0.15) is 0 Å². The van der Waals surface area contributed by atoms with Crippen LogP contribution in [0.4, 0.5) is 0 Å². The summed E-state index contributed by atoms with van der Waals surface area (Å²) < 4.78 is 17.2. The minimum absolute atomic E-state index is 0. The molecule has 0 radical (unpaired) electrons. The number of hydrogen-bond donors (Lipinski definition) is 2. The molecule has 1 atom stereocenters. The number of methoxy groups -OCH3 is 1. The van der Waals surface area contributed by atoms with E-state index in [4.69, 9.17) is 13.9 Å². The lowest BCUT2D eigenvalue weighted by Crippen LogP contribution is -2.54. The molecule has 1 aliphatic heterocycles. The summed E-state index contributed by atoms with van der Waals surface area (Å²) in [5, 5.41) is 7.26. The molecule has 0 spiro atoms. The van der Waals surface area contributed by atoms with Gasteiger partial charge in [-0.05, 0) is 51.9 Å². The van der Waals surface area contributed by atoms with Crippen molar-refractivity contribution in [2.75, 3.05) is 26.8 Å². The summed E-state index contributed by atoms with van der Waals surface area (Å²) in [6.45, 7) is 5.98. The molecule has 2 heterocycles. The molecule has 1 aromatic heterocycles. The molecule has 2 aromatic rings. The van der Waals surface area contributed by atoms with Crippen molar-refractivity contribution in [3.63, 3.8) is 0 Å². The van der Waals surface area contributed by atoms with Gasteiger partial charge in [0.1, 0.15) is 11.4 Å². The van der Waals surface area contributed by atoms with Gasteiger partial charge in [-0.15, -0.1) is 12.4 Å². The van der Waals surface area contributed by atoms with Crippen molar-refractivity contribution in [1.29, 1.82) is 0 Å². The zero-order valence-corrected chi connectivity index (χ0v) is 16.3. The van der Waals surface area contributed by atoms with Crippen molar-refractivity contribution in [3.05, 3.63) is 30.0 Å². The minimum atomic E-state index is -0.762. The number of carbonyl (C=O) groups is 1. The summed E-state index contributed by atoms with van der Waals surface area (Å²) in [5.41, 5.74) is -0.0501. The highest BCUT2D eigenvalue weighted by molar-refractivity contribution is 5.86. The summed E-state index contributed by atoms with van der Waals surface area (Å²) in [5.74, 6) is 1.33. The van der Waals surface area contributed by atoms with E-state index >= 15 is 0 Å². The molecule has 3 rings (SSSR count). The summed E-state index contributed by atoms with van der Waals surface area (Å²) in [6, 6.07) is 7.49. The number of rotatable bonds is 6. The second kappa shape index (κ2) is 8.75. The average Bonchev–Trinajstić information content (AvgIpc) is 3.08. The smallest absolute Gasteiger partial charge is 0.252 e. The normalized spacial score (nSPS) is 17.3. The molecular formula is C19H27ClN2O4. The average molecular weight is 383 g/mol. The first kappa shape index (κ1) is 20.6. The van der Waals surface area contributed by atoms with Crippen molar-refractivity contribution >= 4 is 29.3 Å². The van der Waals surface area contributed by atoms with Crippen molar-refractivity contribution < 1.29 is 18.7 Å². The van der Waals surface area contributed by atoms with Crippen LogP contribution < -0.4 is 15.4 Å². The number of piperidine rings is 1. The van der Waals surface area contributed by atoms with E-state index in [2.05, 4.69) is 10.6 Å². The highest BCUT2D eigenvalue weighted by Crippen LogP contribution is 2.32. The number of para-hydroxylation sites is 1. The van der Waals surface area contributed by atoms with E-state index < -0.39 is 5.60 Å². The standard InChI is InChI=1S/C19H26N2O4.ClH/c1-4-24-15-7-5-6-14-12-16(25-17(14)15)13(2)21-18(22)19(23-3)8-10-20-11-9-19;/h5-7,12-13,20H,4,8-11H2,1-3H3,(H,21,22);1H. The predicted octanol–water partition coefficient (Wildman–Crippen LogP) is 3.20. The highest BCUT2D eigenvalue weighted by Gasteiger charge is 2.40. The molecule has 144 valence electrons. The zero-order chi connectivity index (χ0) is 17.9. The fourth-order valence-electron chi connectivity index (χ4n) is 3.29. The van der Waals surface area contributed by atoms with E-state index in [0.717, 1.165) is 24.2 Å². The summed E-state index contributed by atoms with van der Waals surface area (Å²) >= 11 is 0. The van der Waals surface area contributed by atoms with Crippen LogP contribution in [0, 0.1) is 0 Å². The van der Waals surface area contributed by atoms with Gasteiger partial charge < -0.3 is 24.5 Å². The lowest BCUT2D eigenvalue weighted by molar-refractivity contribution is -0.147. The van der Waals surface area contributed by atoms with Crippen LogP contribution in [0.25, 0.3) is 11.0 Å². The topological polar surface area (TPSA) is 72.7 Å². The number of fused-ring (bicyclic) bond motifs is 1. The molecule has 1 aliphatic rings. The Kier molecular flexibility index (Phi) is 6.92. The maximum Gasteiger partial charge on any atom is 0.252 e. The Morgan fingerprint density at radius 1 is 1.38 bits per heavy atom. The van der Waals surface area contributed by atoms with Gasteiger partial charge in [0.2, 0.25) is 0 Å². The van der Waals surface area contributed by atoms with E-state index in [9.17, 15) is 4.79 Å². The number of ether oxygens (including phenoxy) is 2. The molecule has 6 nitrogen and oxygen atoms in total. The third-order valence-electron chi connectivity index (χ3n) is 4.82. The Labute approximate surface area is 160 Å². The van der Waals surface area contributed by atoms with Crippen LogP contribution in [-0.2, 0) is 9.53 Å². The number of nitrogens with one attached hydrogen (secondary N) is 2. The van der Waals surface area contributed by atoms with Crippen LogP contribution in [0.5, 0.6) is 5.75 Å². The number of amides is 1. The lowest BCUT2D eigenvalue weighted by atomic mass is 9.91. The van der Waals surface area contributed by atoms with Crippen LogP contribution in [0.1, 0.15) is 38.5 Å². The van der Waals surface area contributed by atoms with Crippen LogP contribution in [0.15, 0.2) is 28.7 Å². The van der Waals surface area contributed by atoms with Gasteiger partial charge in [-0.3, -0.25) is 4.79 Å². The Morgan fingerprint density at radius 2 is 2.12 bits per heavy atom. The molecule has 1 fully saturated rings.